The lowest BCUT2D eigenvalue weighted by molar-refractivity contribution is 0.415. The maximum Gasteiger partial charge on any atom is 0.121 e. The van der Waals surface area contributed by atoms with Crippen LogP contribution in [0.15, 0.2) is 18.2 Å². The highest BCUT2D eigenvalue weighted by Crippen LogP contribution is 2.28. The van der Waals surface area contributed by atoms with Gasteiger partial charge in [0.25, 0.3) is 0 Å². The van der Waals surface area contributed by atoms with E-state index in [0.29, 0.717) is 16.6 Å². The van der Waals surface area contributed by atoms with Crippen LogP contribution in [0.4, 0.5) is 5.69 Å². The molecule has 0 aliphatic carbocycles. The van der Waals surface area contributed by atoms with Gasteiger partial charge >= 0.3 is 0 Å². The third-order valence-corrected chi connectivity index (χ3v) is 3.89. The molecule has 0 radical (unpaired) electrons. The van der Waals surface area contributed by atoms with Crippen molar-refractivity contribution >= 4 is 28.9 Å². The molecule has 0 atom stereocenters. The van der Waals surface area contributed by atoms with Crippen molar-refractivity contribution in [3.8, 4) is 5.75 Å². The molecule has 1 heterocycles. The normalized spacial score (nSPS) is 10.7. The van der Waals surface area contributed by atoms with E-state index in [9.17, 15) is 0 Å². The van der Waals surface area contributed by atoms with Gasteiger partial charge in [-0.15, -0.1) is 0 Å². The molecule has 0 fully saturated rings. The van der Waals surface area contributed by atoms with Crippen LogP contribution in [-0.2, 0) is 13.1 Å². The van der Waals surface area contributed by atoms with Gasteiger partial charge in [0.15, 0.2) is 0 Å². The highest BCUT2D eigenvalue weighted by Gasteiger charge is 2.12. The zero-order valence-electron chi connectivity index (χ0n) is 11.7. The van der Waals surface area contributed by atoms with Gasteiger partial charge in [-0.2, -0.15) is 5.10 Å². The summed E-state index contributed by atoms with van der Waals surface area (Å²) in [6.07, 6.45) is 0. The van der Waals surface area contributed by atoms with E-state index in [2.05, 4.69) is 10.4 Å². The lowest BCUT2D eigenvalue weighted by atomic mass is 10.3. The van der Waals surface area contributed by atoms with E-state index < -0.39 is 0 Å². The quantitative estimate of drug-likeness (QED) is 0.901. The summed E-state index contributed by atoms with van der Waals surface area (Å²) in [5.41, 5.74) is 2.59. The highest BCUT2D eigenvalue weighted by atomic mass is 35.5. The maximum absolute atomic E-state index is 6.28. The summed E-state index contributed by atoms with van der Waals surface area (Å²) < 4.78 is 7.08. The van der Waals surface area contributed by atoms with Crippen molar-refractivity contribution < 1.29 is 4.74 Å². The number of ether oxygens (including phenoxy) is 1. The monoisotopic (exact) mass is 313 g/mol. The predicted molar refractivity (Wildman–Crippen MR) is 83.0 cm³/mol. The average Bonchev–Trinajstić information content (AvgIpc) is 2.73. The number of aromatic nitrogens is 2. The predicted octanol–water partition coefficient (Wildman–Crippen LogP) is 4.14. The Hall–Kier alpha value is -1.39. The Bertz CT molecular complexity index is 611. The minimum atomic E-state index is 0.556. The summed E-state index contributed by atoms with van der Waals surface area (Å²) >= 11 is 12.4. The van der Waals surface area contributed by atoms with Gasteiger partial charge in [-0.05, 0) is 26.0 Å². The Morgan fingerprint density at radius 1 is 1.35 bits per heavy atom. The fourth-order valence-corrected chi connectivity index (χ4v) is 2.37. The summed E-state index contributed by atoms with van der Waals surface area (Å²) in [5, 5.41) is 8.99. The van der Waals surface area contributed by atoms with Crippen molar-refractivity contribution in [3.05, 3.63) is 39.6 Å². The van der Waals surface area contributed by atoms with E-state index in [1.807, 2.05) is 30.7 Å². The number of rotatable bonds is 5. The first-order valence-corrected chi connectivity index (χ1v) is 7.11. The molecule has 4 nitrogen and oxygen atoms in total. The minimum Gasteiger partial charge on any atom is -0.497 e. The van der Waals surface area contributed by atoms with Crippen molar-refractivity contribution in [2.45, 2.75) is 26.9 Å². The number of hydrogen-bond donors (Lipinski definition) is 1. The molecule has 0 amide bonds. The van der Waals surface area contributed by atoms with E-state index in [-0.39, 0.29) is 0 Å². The average molecular weight is 314 g/mol. The van der Waals surface area contributed by atoms with Gasteiger partial charge in [0.2, 0.25) is 0 Å². The fraction of sp³-hybridized carbons (Fsp3) is 0.357. The van der Waals surface area contributed by atoms with E-state index in [0.717, 1.165) is 29.4 Å². The molecule has 1 aromatic carbocycles. The second-order valence-corrected chi connectivity index (χ2v) is 5.15. The first-order chi connectivity index (χ1) is 9.56. The first-order valence-electron chi connectivity index (χ1n) is 6.36. The van der Waals surface area contributed by atoms with E-state index in [1.54, 1.807) is 13.2 Å². The van der Waals surface area contributed by atoms with Crippen molar-refractivity contribution in [3.63, 3.8) is 0 Å². The van der Waals surface area contributed by atoms with Gasteiger partial charge in [0.1, 0.15) is 5.75 Å². The molecule has 2 rings (SSSR count). The number of hydrogen-bond acceptors (Lipinski definition) is 3. The van der Waals surface area contributed by atoms with Crippen LogP contribution in [0, 0.1) is 6.92 Å². The first kappa shape index (κ1) is 15.0. The second kappa shape index (κ2) is 6.37. The van der Waals surface area contributed by atoms with Crippen molar-refractivity contribution in [2.75, 3.05) is 12.4 Å². The standard InChI is InChI=1S/C14H17Cl2N3O/c1-4-19-13(14(16)9(2)18-19)8-17-12-7-10(20-3)5-6-11(12)15/h5-7,17H,4,8H2,1-3H3. The molecule has 1 aromatic heterocycles. The molecule has 0 bridgehead atoms. The molecule has 6 heteroatoms. The SMILES string of the molecule is CCn1nc(C)c(Cl)c1CNc1cc(OC)ccc1Cl. The van der Waals surface area contributed by atoms with Crippen LogP contribution in [0.1, 0.15) is 18.3 Å². The summed E-state index contributed by atoms with van der Waals surface area (Å²) in [6.45, 7) is 5.26. The number of methoxy groups -OCH3 is 1. The molecular formula is C14H17Cl2N3O. The molecule has 2 aromatic rings. The number of benzene rings is 1. The number of halogens is 2. The van der Waals surface area contributed by atoms with Crippen LogP contribution in [0.3, 0.4) is 0 Å². The molecule has 0 spiro atoms. The van der Waals surface area contributed by atoms with Crippen LogP contribution in [0.2, 0.25) is 10.0 Å². The molecule has 0 aliphatic rings. The highest BCUT2D eigenvalue weighted by molar-refractivity contribution is 6.33. The van der Waals surface area contributed by atoms with Crippen LogP contribution in [-0.4, -0.2) is 16.9 Å². The number of nitrogens with zero attached hydrogens (tertiary/aromatic N) is 2. The van der Waals surface area contributed by atoms with Gasteiger partial charge in [0.05, 0.1) is 40.8 Å². The van der Waals surface area contributed by atoms with Crippen LogP contribution in [0.5, 0.6) is 5.75 Å². The zero-order valence-corrected chi connectivity index (χ0v) is 13.2. The Labute approximate surface area is 128 Å². The summed E-state index contributed by atoms with van der Waals surface area (Å²) in [6, 6.07) is 5.48. The molecule has 0 aliphatic heterocycles. The molecule has 20 heavy (non-hydrogen) atoms. The molecule has 108 valence electrons. The minimum absolute atomic E-state index is 0.556. The lowest BCUT2D eigenvalue weighted by Gasteiger charge is -2.11. The third kappa shape index (κ3) is 3.02. The number of anilines is 1. The number of nitrogens with one attached hydrogen (secondary N) is 1. The lowest BCUT2D eigenvalue weighted by Crippen LogP contribution is -2.08. The Kier molecular flexibility index (Phi) is 4.78. The summed E-state index contributed by atoms with van der Waals surface area (Å²) in [7, 11) is 1.62. The molecule has 0 saturated carbocycles. The maximum atomic E-state index is 6.28. The Morgan fingerprint density at radius 2 is 2.10 bits per heavy atom. The van der Waals surface area contributed by atoms with Gasteiger partial charge in [0, 0.05) is 12.6 Å². The third-order valence-electron chi connectivity index (χ3n) is 3.07. The second-order valence-electron chi connectivity index (χ2n) is 4.36. The van der Waals surface area contributed by atoms with Gasteiger partial charge in [-0.1, -0.05) is 23.2 Å². The van der Waals surface area contributed by atoms with Crippen LogP contribution >= 0.6 is 23.2 Å². The largest absolute Gasteiger partial charge is 0.497 e. The summed E-state index contributed by atoms with van der Waals surface area (Å²) in [4.78, 5) is 0. The zero-order chi connectivity index (χ0) is 14.7. The Balaban J connectivity index is 2.20. The molecular weight excluding hydrogens is 297 g/mol. The topological polar surface area (TPSA) is 39.1 Å². The van der Waals surface area contributed by atoms with E-state index >= 15 is 0 Å². The van der Waals surface area contributed by atoms with E-state index in [4.69, 9.17) is 27.9 Å². The summed E-state index contributed by atoms with van der Waals surface area (Å²) in [5.74, 6) is 0.753. The van der Waals surface area contributed by atoms with Crippen molar-refractivity contribution in [1.29, 1.82) is 0 Å². The molecule has 0 unspecified atom stereocenters. The van der Waals surface area contributed by atoms with Crippen molar-refractivity contribution in [2.24, 2.45) is 0 Å². The molecule has 1 N–H and O–H groups in total. The van der Waals surface area contributed by atoms with Crippen molar-refractivity contribution in [1.82, 2.24) is 9.78 Å². The van der Waals surface area contributed by atoms with E-state index in [1.165, 1.54) is 0 Å². The Morgan fingerprint density at radius 3 is 2.75 bits per heavy atom. The van der Waals surface area contributed by atoms with Gasteiger partial charge in [-0.25, -0.2) is 0 Å². The number of aryl methyl sites for hydroxylation is 2. The van der Waals surface area contributed by atoms with Crippen LogP contribution < -0.4 is 10.1 Å². The molecule has 0 saturated heterocycles. The van der Waals surface area contributed by atoms with Gasteiger partial charge in [-0.3, -0.25) is 4.68 Å². The fourth-order valence-electron chi connectivity index (χ4n) is 1.98. The smallest absolute Gasteiger partial charge is 0.121 e. The van der Waals surface area contributed by atoms with Gasteiger partial charge < -0.3 is 10.1 Å². The van der Waals surface area contributed by atoms with Crippen LogP contribution in [0.25, 0.3) is 0 Å².